The van der Waals surface area contributed by atoms with Crippen molar-refractivity contribution in [1.29, 1.82) is 0 Å². The third-order valence-electron chi connectivity index (χ3n) is 4.65. The Morgan fingerprint density at radius 3 is 2.05 bits per heavy atom. The SMILES string of the molecule is CCCCCCC(CC)CCC=CC(CC)CCCC. The Kier molecular flexibility index (Phi) is 14.9. The second-order valence-corrected chi connectivity index (χ2v) is 6.44. The van der Waals surface area contributed by atoms with Crippen molar-refractivity contribution in [1.82, 2.24) is 0 Å². The highest BCUT2D eigenvalue weighted by Gasteiger charge is 2.05. The Morgan fingerprint density at radius 2 is 1.45 bits per heavy atom. The summed E-state index contributed by atoms with van der Waals surface area (Å²) in [4.78, 5) is 0. The molecule has 2 unspecified atom stereocenters. The van der Waals surface area contributed by atoms with Gasteiger partial charge in [0.25, 0.3) is 0 Å². The van der Waals surface area contributed by atoms with Crippen LogP contribution in [0.5, 0.6) is 0 Å². The molecule has 0 aliphatic rings. The lowest BCUT2D eigenvalue weighted by Gasteiger charge is -2.14. The van der Waals surface area contributed by atoms with Crippen molar-refractivity contribution < 1.29 is 0 Å². The van der Waals surface area contributed by atoms with E-state index in [4.69, 9.17) is 0 Å². The van der Waals surface area contributed by atoms with E-state index in [9.17, 15) is 0 Å². The Labute approximate surface area is 129 Å². The maximum Gasteiger partial charge on any atom is -0.0236 e. The fourth-order valence-electron chi connectivity index (χ4n) is 2.94. The zero-order chi connectivity index (χ0) is 15.1. The summed E-state index contributed by atoms with van der Waals surface area (Å²) in [6, 6.07) is 0. The molecule has 0 bridgehead atoms. The molecular weight excluding hydrogens is 240 g/mol. The quantitative estimate of drug-likeness (QED) is 0.228. The van der Waals surface area contributed by atoms with Crippen molar-refractivity contribution in [3.63, 3.8) is 0 Å². The minimum atomic E-state index is 0.833. The van der Waals surface area contributed by atoms with Crippen LogP contribution in [-0.2, 0) is 0 Å². The van der Waals surface area contributed by atoms with Gasteiger partial charge < -0.3 is 0 Å². The average Bonchev–Trinajstić information content (AvgIpc) is 2.48. The molecule has 0 aromatic carbocycles. The summed E-state index contributed by atoms with van der Waals surface area (Å²) < 4.78 is 0. The smallest absolute Gasteiger partial charge is 0.0236 e. The fraction of sp³-hybridized carbons (Fsp3) is 0.900. The van der Waals surface area contributed by atoms with Gasteiger partial charge in [0.1, 0.15) is 0 Å². The van der Waals surface area contributed by atoms with E-state index >= 15 is 0 Å². The van der Waals surface area contributed by atoms with Crippen molar-refractivity contribution in [2.75, 3.05) is 0 Å². The predicted molar refractivity (Wildman–Crippen MR) is 94.2 cm³/mol. The molecule has 0 rings (SSSR count). The lowest BCUT2D eigenvalue weighted by Crippen LogP contribution is -1.99. The van der Waals surface area contributed by atoms with Crippen LogP contribution in [-0.4, -0.2) is 0 Å². The molecule has 2 atom stereocenters. The molecule has 0 radical (unpaired) electrons. The monoisotopic (exact) mass is 280 g/mol. The van der Waals surface area contributed by atoms with E-state index in [-0.39, 0.29) is 0 Å². The van der Waals surface area contributed by atoms with E-state index in [0.29, 0.717) is 0 Å². The summed E-state index contributed by atoms with van der Waals surface area (Å²) in [5.41, 5.74) is 0. The van der Waals surface area contributed by atoms with Gasteiger partial charge in [0.05, 0.1) is 0 Å². The summed E-state index contributed by atoms with van der Waals surface area (Å²) in [7, 11) is 0. The molecule has 0 saturated carbocycles. The minimum absolute atomic E-state index is 0.833. The lowest BCUT2D eigenvalue weighted by atomic mass is 9.92. The molecule has 0 spiro atoms. The molecular formula is C20H40. The first-order valence-corrected chi connectivity index (χ1v) is 9.44. The van der Waals surface area contributed by atoms with Crippen LogP contribution in [0.25, 0.3) is 0 Å². The topological polar surface area (TPSA) is 0 Å². The van der Waals surface area contributed by atoms with Crippen LogP contribution in [0.4, 0.5) is 0 Å². The van der Waals surface area contributed by atoms with Crippen LogP contribution in [0.15, 0.2) is 12.2 Å². The average molecular weight is 281 g/mol. The maximum absolute atomic E-state index is 2.50. The second kappa shape index (κ2) is 15.1. The molecule has 0 aromatic rings. The maximum atomic E-state index is 2.50. The molecule has 0 N–H and O–H groups in total. The first-order chi connectivity index (χ1) is 9.78. The molecule has 0 aliphatic heterocycles. The van der Waals surface area contributed by atoms with Crippen molar-refractivity contribution in [2.45, 2.75) is 105 Å². The Bertz CT molecular complexity index is 204. The van der Waals surface area contributed by atoms with Gasteiger partial charge in [-0.05, 0) is 37.5 Å². The third-order valence-corrected chi connectivity index (χ3v) is 4.65. The van der Waals surface area contributed by atoms with Crippen molar-refractivity contribution in [2.24, 2.45) is 11.8 Å². The fourth-order valence-corrected chi connectivity index (χ4v) is 2.94. The Balaban J connectivity index is 3.75. The zero-order valence-corrected chi connectivity index (χ0v) is 14.8. The summed E-state index contributed by atoms with van der Waals surface area (Å²) in [5, 5.41) is 0. The second-order valence-electron chi connectivity index (χ2n) is 6.44. The van der Waals surface area contributed by atoms with Crippen LogP contribution < -0.4 is 0 Å². The minimum Gasteiger partial charge on any atom is -0.0882 e. The van der Waals surface area contributed by atoms with Gasteiger partial charge in [-0.3, -0.25) is 0 Å². The molecule has 0 amide bonds. The van der Waals surface area contributed by atoms with Gasteiger partial charge >= 0.3 is 0 Å². The van der Waals surface area contributed by atoms with Gasteiger partial charge in [0, 0.05) is 0 Å². The first-order valence-electron chi connectivity index (χ1n) is 9.44. The number of unbranched alkanes of at least 4 members (excludes halogenated alkanes) is 4. The molecule has 20 heavy (non-hydrogen) atoms. The predicted octanol–water partition coefficient (Wildman–Crippen LogP) is 7.54. The number of rotatable bonds is 14. The number of allylic oxidation sites excluding steroid dienone is 2. The highest BCUT2D eigenvalue weighted by Crippen LogP contribution is 2.20. The normalized spacial score (nSPS) is 14.8. The largest absolute Gasteiger partial charge is 0.0882 e. The number of hydrogen-bond acceptors (Lipinski definition) is 0. The van der Waals surface area contributed by atoms with Crippen LogP contribution in [0, 0.1) is 11.8 Å². The van der Waals surface area contributed by atoms with Gasteiger partial charge in [0.15, 0.2) is 0 Å². The van der Waals surface area contributed by atoms with E-state index in [1.54, 1.807) is 0 Å². The summed E-state index contributed by atoms with van der Waals surface area (Å²) in [6.07, 6.45) is 21.6. The number of hydrogen-bond donors (Lipinski definition) is 0. The first kappa shape index (κ1) is 19.7. The molecule has 0 aromatic heterocycles. The molecule has 0 heteroatoms. The van der Waals surface area contributed by atoms with Crippen LogP contribution in [0.1, 0.15) is 105 Å². The van der Waals surface area contributed by atoms with Gasteiger partial charge in [-0.2, -0.15) is 0 Å². The third kappa shape index (κ3) is 11.6. The van der Waals surface area contributed by atoms with Crippen LogP contribution >= 0.6 is 0 Å². The summed E-state index contributed by atoms with van der Waals surface area (Å²) in [6.45, 7) is 9.28. The van der Waals surface area contributed by atoms with Crippen molar-refractivity contribution >= 4 is 0 Å². The summed E-state index contributed by atoms with van der Waals surface area (Å²) in [5.74, 6) is 1.80. The standard InChI is InChI=1S/C20H40/c1-5-9-11-12-16-20(8-4)18-14-13-17-19(7-3)15-10-6-2/h13,17,19-20H,5-12,14-16,18H2,1-4H3. The Hall–Kier alpha value is -0.260. The molecule has 120 valence electrons. The van der Waals surface area contributed by atoms with E-state index in [1.165, 1.54) is 77.0 Å². The van der Waals surface area contributed by atoms with Gasteiger partial charge in [0.2, 0.25) is 0 Å². The molecule has 0 saturated heterocycles. The highest BCUT2D eigenvalue weighted by atomic mass is 14.1. The van der Waals surface area contributed by atoms with Crippen LogP contribution in [0.2, 0.25) is 0 Å². The van der Waals surface area contributed by atoms with Gasteiger partial charge in [-0.1, -0.05) is 91.2 Å². The van der Waals surface area contributed by atoms with E-state index in [0.717, 1.165) is 11.8 Å². The van der Waals surface area contributed by atoms with Gasteiger partial charge in [-0.25, -0.2) is 0 Å². The van der Waals surface area contributed by atoms with Crippen LogP contribution in [0.3, 0.4) is 0 Å². The summed E-state index contributed by atoms with van der Waals surface area (Å²) >= 11 is 0. The van der Waals surface area contributed by atoms with Crippen molar-refractivity contribution in [3.8, 4) is 0 Å². The van der Waals surface area contributed by atoms with E-state index in [2.05, 4.69) is 39.8 Å². The van der Waals surface area contributed by atoms with Gasteiger partial charge in [-0.15, -0.1) is 0 Å². The molecule has 0 fully saturated rings. The molecule has 0 aliphatic carbocycles. The molecule has 0 nitrogen and oxygen atoms in total. The van der Waals surface area contributed by atoms with Crippen molar-refractivity contribution in [3.05, 3.63) is 12.2 Å². The Morgan fingerprint density at radius 1 is 0.700 bits per heavy atom. The highest BCUT2D eigenvalue weighted by molar-refractivity contribution is 4.88. The van der Waals surface area contributed by atoms with E-state index < -0.39 is 0 Å². The lowest BCUT2D eigenvalue weighted by molar-refractivity contribution is 0.416. The zero-order valence-electron chi connectivity index (χ0n) is 14.8. The van der Waals surface area contributed by atoms with E-state index in [1.807, 2.05) is 0 Å². The molecule has 0 heterocycles.